The number of carbonyl (C=O) groups is 1. The quantitative estimate of drug-likeness (QED) is 0.943. The average molecular weight is 301 g/mol. The highest BCUT2D eigenvalue weighted by atomic mass is 19.1. The molecule has 1 aromatic carbocycles. The predicted octanol–water partition coefficient (Wildman–Crippen LogP) is 3.03. The predicted molar refractivity (Wildman–Crippen MR) is 82.8 cm³/mol. The molecule has 22 heavy (non-hydrogen) atoms. The van der Waals surface area contributed by atoms with Crippen LogP contribution >= 0.6 is 0 Å². The maximum atomic E-state index is 13.1. The molecule has 1 aliphatic carbocycles. The highest BCUT2D eigenvalue weighted by Gasteiger charge is 2.27. The molecule has 0 aliphatic heterocycles. The standard InChI is InChI=1S/C17H20FN3O/c1-3-11(2)19-17(22)16-14-5-4-6-15(14)21(20-16)13-9-7-12(18)8-10-13/h7-11H,3-6H2,1-2H3,(H,19,22). The van der Waals surface area contributed by atoms with Crippen molar-refractivity contribution < 1.29 is 9.18 Å². The van der Waals surface area contributed by atoms with E-state index in [9.17, 15) is 9.18 Å². The normalized spacial score (nSPS) is 14.7. The van der Waals surface area contributed by atoms with Crippen molar-refractivity contribution in [3.63, 3.8) is 0 Å². The van der Waals surface area contributed by atoms with Crippen molar-refractivity contribution in [2.24, 2.45) is 0 Å². The van der Waals surface area contributed by atoms with Crippen LogP contribution in [0.15, 0.2) is 24.3 Å². The van der Waals surface area contributed by atoms with Crippen molar-refractivity contribution in [1.82, 2.24) is 15.1 Å². The van der Waals surface area contributed by atoms with E-state index in [-0.39, 0.29) is 17.8 Å². The van der Waals surface area contributed by atoms with Gasteiger partial charge in [0.05, 0.1) is 5.69 Å². The molecule has 1 aliphatic rings. The van der Waals surface area contributed by atoms with Crippen molar-refractivity contribution >= 4 is 5.91 Å². The highest BCUT2D eigenvalue weighted by Crippen LogP contribution is 2.28. The summed E-state index contributed by atoms with van der Waals surface area (Å²) in [7, 11) is 0. The molecule has 0 radical (unpaired) electrons. The third-order valence-electron chi connectivity index (χ3n) is 4.21. The smallest absolute Gasteiger partial charge is 0.272 e. The number of nitrogens with one attached hydrogen (secondary N) is 1. The number of benzene rings is 1. The Morgan fingerprint density at radius 2 is 2.09 bits per heavy atom. The Morgan fingerprint density at radius 1 is 1.36 bits per heavy atom. The van der Waals surface area contributed by atoms with Gasteiger partial charge in [-0.15, -0.1) is 0 Å². The molecule has 1 N–H and O–H groups in total. The third kappa shape index (κ3) is 2.63. The van der Waals surface area contributed by atoms with Crippen LogP contribution in [0, 0.1) is 5.82 Å². The molecule has 1 amide bonds. The number of hydrogen-bond acceptors (Lipinski definition) is 2. The Balaban J connectivity index is 1.98. The summed E-state index contributed by atoms with van der Waals surface area (Å²) >= 11 is 0. The lowest BCUT2D eigenvalue weighted by Gasteiger charge is -2.10. The zero-order valence-electron chi connectivity index (χ0n) is 12.9. The van der Waals surface area contributed by atoms with Gasteiger partial charge < -0.3 is 5.32 Å². The molecule has 1 unspecified atom stereocenters. The summed E-state index contributed by atoms with van der Waals surface area (Å²) in [6.07, 6.45) is 3.68. The molecule has 0 bridgehead atoms. The summed E-state index contributed by atoms with van der Waals surface area (Å²) < 4.78 is 14.9. The molecule has 3 rings (SSSR count). The second-order valence-corrected chi connectivity index (χ2v) is 5.80. The van der Waals surface area contributed by atoms with Crippen LogP contribution in [0.3, 0.4) is 0 Å². The minimum absolute atomic E-state index is 0.117. The summed E-state index contributed by atoms with van der Waals surface area (Å²) in [6, 6.07) is 6.34. The number of rotatable bonds is 4. The summed E-state index contributed by atoms with van der Waals surface area (Å²) in [4.78, 5) is 12.4. The first-order valence-electron chi connectivity index (χ1n) is 7.77. The van der Waals surface area contributed by atoms with Crippen molar-refractivity contribution in [3.8, 4) is 5.69 Å². The first-order valence-corrected chi connectivity index (χ1v) is 7.77. The number of amides is 1. The SMILES string of the molecule is CCC(C)NC(=O)c1nn(-c2ccc(F)cc2)c2c1CCC2. The molecule has 0 spiro atoms. The Morgan fingerprint density at radius 3 is 2.77 bits per heavy atom. The fourth-order valence-electron chi connectivity index (χ4n) is 2.81. The van der Waals surface area contributed by atoms with E-state index in [0.29, 0.717) is 5.69 Å². The minimum atomic E-state index is -0.276. The van der Waals surface area contributed by atoms with Gasteiger partial charge in [-0.3, -0.25) is 4.79 Å². The molecule has 116 valence electrons. The lowest BCUT2D eigenvalue weighted by Crippen LogP contribution is -2.32. The zero-order valence-corrected chi connectivity index (χ0v) is 12.9. The monoisotopic (exact) mass is 301 g/mol. The number of hydrogen-bond donors (Lipinski definition) is 1. The van der Waals surface area contributed by atoms with Gasteiger partial charge in [0.25, 0.3) is 5.91 Å². The Bertz CT molecular complexity index is 691. The molecule has 0 saturated carbocycles. The van der Waals surface area contributed by atoms with Crippen LogP contribution in [0.1, 0.15) is 48.4 Å². The first-order chi connectivity index (χ1) is 10.6. The van der Waals surface area contributed by atoms with E-state index in [4.69, 9.17) is 0 Å². The van der Waals surface area contributed by atoms with Crippen LogP contribution in [0.2, 0.25) is 0 Å². The average Bonchev–Trinajstić information content (AvgIpc) is 3.10. The lowest BCUT2D eigenvalue weighted by molar-refractivity contribution is 0.0933. The van der Waals surface area contributed by atoms with E-state index < -0.39 is 0 Å². The second-order valence-electron chi connectivity index (χ2n) is 5.80. The van der Waals surface area contributed by atoms with E-state index in [1.54, 1.807) is 16.8 Å². The van der Waals surface area contributed by atoms with Gasteiger partial charge in [-0.05, 0) is 56.9 Å². The molecular formula is C17H20FN3O. The van der Waals surface area contributed by atoms with E-state index >= 15 is 0 Å². The molecule has 1 heterocycles. The van der Waals surface area contributed by atoms with Crippen molar-refractivity contribution in [2.45, 2.75) is 45.6 Å². The Kier molecular flexibility index (Phi) is 3.96. The van der Waals surface area contributed by atoms with Crippen molar-refractivity contribution in [1.29, 1.82) is 0 Å². The van der Waals surface area contributed by atoms with Gasteiger partial charge in [0, 0.05) is 17.3 Å². The second kappa shape index (κ2) is 5.91. The molecular weight excluding hydrogens is 281 g/mol. The van der Waals surface area contributed by atoms with Gasteiger partial charge >= 0.3 is 0 Å². The van der Waals surface area contributed by atoms with E-state index in [2.05, 4.69) is 10.4 Å². The highest BCUT2D eigenvalue weighted by molar-refractivity contribution is 5.94. The lowest BCUT2D eigenvalue weighted by atomic mass is 10.1. The summed E-state index contributed by atoms with van der Waals surface area (Å²) in [5.74, 6) is -0.393. The van der Waals surface area contributed by atoms with E-state index in [0.717, 1.165) is 42.6 Å². The number of aromatic nitrogens is 2. The summed E-state index contributed by atoms with van der Waals surface area (Å²) in [6.45, 7) is 4.02. The molecule has 1 aromatic heterocycles. The summed E-state index contributed by atoms with van der Waals surface area (Å²) in [5.41, 5.74) is 3.41. The van der Waals surface area contributed by atoms with Crippen molar-refractivity contribution in [3.05, 3.63) is 47.0 Å². The largest absolute Gasteiger partial charge is 0.348 e. The first kappa shape index (κ1) is 14.8. The molecule has 0 saturated heterocycles. The third-order valence-corrected chi connectivity index (χ3v) is 4.21. The van der Waals surface area contributed by atoms with Gasteiger partial charge in [-0.25, -0.2) is 9.07 Å². The maximum Gasteiger partial charge on any atom is 0.272 e. The van der Waals surface area contributed by atoms with Gasteiger partial charge in [-0.2, -0.15) is 5.10 Å². The van der Waals surface area contributed by atoms with Crippen LogP contribution in [0.4, 0.5) is 4.39 Å². The fraction of sp³-hybridized carbons (Fsp3) is 0.412. The van der Waals surface area contributed by atoms with Gasteiger partial charge in [0.1, 0.15) is 5.82 Å². The topological polar surface area (TPSA) is 46.9 Å². The molecule has 2 aromatic rings. The van der Waals surface area contributed by atoms with Crippen LogP contribution < -0.4 is 5.32 Å². The van der Waals surface area contributed by atoms with E-state index in [1.165, 1.54) is 12.1 Å². The molecule has 1 atom stereocenters. The van der Waals surface area contributed by atoms with Crippen LogP contribution in [0.25, 0.3) is 5.69 Å². The van der Waals surface area contributed by atoms with Crippen LogP contribution in [-0.4, -0.2) is 21.7 Å². The number of nitrogens with zero attached hydrogens (tertiary/aromatic N) is 2. The van der Waals surface area contributed by atoms with E-state index in [1.807, 2.05) is 13.8 Å². The number of carbonyl (C=O) groups excluding carboxylic acids is 1. The number of fused-ring (bicyclic) bond motifs is 1. The van der Waals surface area contributed by atoms with Gasteiger partial charge in [0.15, 0.2) is 5.69 Å². The van der Waals surface area contributed by atoms with Crippen LogP contribution in [0.5, 0.6) is 0 Å². The summed E-state index contributed by atoms with van der Waals surface area (Å²) in [5, 5.41) is 7.48. The zero-order chi connectivity index (χ0) is 15.7. The number of halogens is 1. The van der Waals surface area contributed by atoms with Crippen molar-refractivity contribution in [2.75, 3.05) is 0 Å². The Labute approximate surface area is 129 Å². The maximum absolute atomic E-state index is 13.1. The molecule has 5 heteroatoms. The van der Waals surface area contributed by atoms with Gasteiger partial charge in [-0.1, -0.05) is 6.92 Å². The fourth-order valence-corrected chi connectivity index (χ4v) is 2.81. The molecule has 4 nitrogen and oxygen atoms in total. The Hall–Kier alpha value is -2.17. The van der Waals surface area contributed by atoms with Gasteiger partial charge in [0.2, 0.25) is 0 Å². The van der Waals surface area contributed by atoms with Crippen LogP contribution in [-0.2, 0) is 12.8 Å². The molecule has 0 fully saturated rings. The minimum Gasteiger partial charge on any atom is -0.348 e.